The van der Waals surface area contributed by atoms with Crippen molar-refractivity contribution in [1.29, 1.82) is 0 Å². The fraction of sp³-hybridized carbons (Fsp3) is 0.250. The number of rotatable bonds is 10. The Hall–Kier alpha value is -4.19. The molecule has 1 aliphatic carbocycles. The highest BCUT2D eigenvalue weighted by molar-refractivity contribution is 5.99. The van der Waals surface area contributed by atoms with E-state index in [1.165, 1.54) is 12.1 Å². The van der Waals surface area contributed by atoms with E-state index in [4.69, 9.17) is 4.74 Å². The normalized spacial score (nSPS) is 14.1. The zero-order valence-electron chi connectivity index (χ0n) is 22.4. The first-order chi connectivity index (χ1) is 18.4. The van der Waals surface area contributed by atoms with E-state index in [0.717, 1.165) is 11.1 Å². The molecule has 1 amide bonds. The molecule has 0 aromatic heterocycles. The number of hydrogen-bond donors (Lipinski definition) is 2. The van der Waals surface area contributed by atoms with Crippen LogP contribution >= 0.6 is 0 Å². The lowest BCUT2D eigenvalue weighted by atomic mass is 10.00. The van der Waals surface area contributed by atoms with E-state index in [2.05, 4.69) is 11.9 Å². The SMILES string of the molecule is C=C/C(=C\C=C1\C=C(C(=O)NC(CCc2ccccc2)C(=O)O)C=CC1)OCC.CC.Fc1ccccc1. The summed E-state index contributed by atoms with van der Waals surface area (Å²) in [5.41, 5.74) is 2.39. The smallest absolute Gasteiger partial charge is 0.326 e. The van der Waals surface area contributed by atoms with Crippen LogP contribution in [0.4, 0.5) is 4.39 Å². The third-order valence-electron chi connectivity index (χ3n) is 5.13. The maximum absolute atomic E-state index is 12.6. The van der Waals surface area contributed by atoms with Gasteiger partial charge in [0, 0.05) is 5.57 Å². The van der Waals surface area contributed by atoms with Crippen molar-refractivity contribution in [2.24, 2.45) is 0 Å². The summed E-state index contributed by atoms with van der Waals surface area (Å²) in [6, 6.07) is 16.6. The number of allylic oxidation sites excluding steroid dienone is 6. The lowest BCUT2D eigenvalue weighted by Gasteiger charge is -2.16. The predicted octanol–water partition coefficient (Wildman–Crippen LogP) is 6.96. The van der Waals surface area contributed by atoms with Crippen molar-refractivity contribution >= 4 is 11.9 Å². The van der Waals surface area contributed by atoms with Gasteiger partial charge < -0.3 is 15.2 Å². The number of aryl methyl sites for hydroxylation is 1. The molecule has 1 unspecified atom stereocenters. The van der Waals surface area contributed by atoms with Gasteiger partial charge in [-0.25, -0.2) is 9.18 Å². The number of benzene rings is 2. The molecule has 5 nitrogen and oxygen atoms in total. The van der Waals surface area contributed by atoms with Crippen molar-refractivity contribution < 1.29 is 23.8 Å². The van der Waals surface area contributed by atoms with Gasteiger partial charge in [0.1, 0.15) is 17.6 Å². The monoisotopic (exact) mass is 519 g/mol. The summed E-state index contributed by atoms with van der Waals surface area (Å²) in [5.74, 6) is -0.964. The molecule has 0 saturated carbocycles. The predicted molar refractivity (Wildman–Crippen MR) is 152 cm³/mol. The maximum atomic E-state index is 12.6. The molecule has 0 aliphatic heterocycles. The summed E-state index contributed by atoms with van der Waals surface area (Å²) >= 11 is 0. The van der Waals surface area contributed by atoms with E-state index in [1.54, 1.807) is 42.5 Å². The maximum Gasteiger partial charge on any atom is 0.326 e. The van der Waals surface area contributed by atoms with Gasteiger partial charge in [0.05, 0.1) is 6.61 Å². The minimum absolute atomic E-state index is 0.178. The third-order valence-corrected chi connectivity index (χ3v) is 5.13. The number of ether oxygens (including phenoxy) is 1. The Morgan fingerprint density at radius 3 is 2.26 bits per heavy atom. The van der Waals surface area contributed by atoms with Crippen molar-refractivity contribution in [3.05, 3.63) is 132 Å². The molecule has 0 saturated heterocycles. The van der Waals surface area contributed by atoms with Gasteiger partial charge in [0.2, 0.25) is 0 Å². The van der Waals surface area contributed by atoms with Crippen LogP contribution in [0, 0.1) is 5.82 Å². The average molecular weight is 520 g/mol. The van der Waals surface area contributed by atoms with Gasteiger partial charge in [-0.1, -0.05) is 87.2 Å². The largest absolute Gasteiger partial charge is 0.494 e. The molecule has 0 spiro atoms. The number of nitrogens with one attached hydrogen (secondary N) is 1. The highest BCUT2D eigenvalue weighted by atomic mass is 19.1. The number of carboxylic acids is 1. The number of carbonyl (C=O) groups excluding carboxylic acids is 1. The summed E-state index contributed by atoms with van der Waals surface area (Å²) in [6.07, 6.45) is 12.2. The molecule has 6 heteroatoms. The second-order valence-electron chi connectivity index (χ2n) is 7.84. The van der Waals surface area contributed by atoms with Crippen molar-refractivity contribution in [2.75, 3.05) is 6.61 Å². The van der Waals surface area contributed by atoms with Crippen LogP contribution in [-0.4, -0.2) is 29.6 Å². The Bertz CT molecular complexity index is 1120. The van der Waals surface area contributed by atoms with Crippen molar-refractivity contribution in [3.63, 3.8) is 0 Å². The lowest BCUT2D eigenvalue weighted by molar-refractivity contribution is -0.141. The Morgan fingerprint density at radius 2 is 1.74 bits per heavy atom. The number of aliphatic carboxylic acids is 1. The van der Waals surface area contributed by atoms with Crippen LogP contribution in [0.5, 0.6) is 0 Å². The minimum Gasteiger partial charge on any atom is -0.494 e. The van der Waals surface area contributed by atoms with Crippen LogP contribution < -0.4 is 5.32 Å². The molecule has 202 valence electrons. The standard InChI is InChI=1S/C24H27NO4.C6H5F.C2H6/c1-3-21(29-4-2)15-13-19-11-8-12-20(17-19)23(26)25-22(24(27)28)16-14-18-9-6-5-7-10-18;7-6-4-2-1-3-5-6;1-2/h3,5-10,12-13,15,17,22H,1,4,11,14,16H2,2H3,(H,25,26)(H,27,28);1-5H;1-2H3/b19-13+,21-15+;;. The van der Waals surface area contributed by atoms with E-state index in [1.807, 2.05) is 63.3 Å². The zero-order valence-corrected chi connectivity index (χ0v) is 22.4. The average Bonchev–Trinajstić information content (AvgIpc) is 2.95. The third kappa shape index (κ3) is 12.7. The molecular weight excluding hydrogens is 481 g/mol. The fourth-order valence-electron chi connectivity index (χ4n) is 3.29. The topological polar surface area (TPSA) is 75.6 Å². The number of amides is 1. The molecule has 0 radical (unpaired) electrons. The summed E-state index contributed by atoms with van der Waals surface area (Å²) in [5, 5.41) is 12.1. The van der Waals surface area contributed by atoms with Crippen LogP contribution in [-0.2, 0) is 20.7 Å². The van der Waals surface area contributed by atoms with Gasteiger partial charge in [-0.2, -0.15) is 0 Å². The minimum atomic E-state index is -1.04. The van der Waals surface area contributed by atoms with Gasteiger partial charge in [-0.15, -0.1) is 0 Å². The number of carbonyl (C=O) groups is 2. The Kier molecular flexibility index (Phi) is 15.9. The van der Waals surface area contributed by atoms with Crippen LogP contribution in [0.25, 0.3) is 0 Å². The molecule has 0 heterocycles. The van der Waals surface area contributed by atoms with Crippen molar-refractivity contribution in [1.82, 2.24) is 5.32 Å². The lowest BCUT2D eigenvalue weighted by Crippen LogP contribution is -2.41. The van der Waals surface area contributed by atoms with Gasteiger partial charge in [-0.3, -0.25) is 4.79 Å². The van der Waals surface area contributed by atoms with Crippen molar-refractivity contribution in [3.8, 4) is 0 Å². The molecule has 0 bridgehead atoms. The molecule has 1 aliphatic rings. The highest BCUT2D eigenvalue weighted by Gasteiger charge is 2.21. The summed E-state index contributed by atoms with van der Waals surface area (Å²) in [7, 11) is 0. The molecule has 2 aromatic carbocycles. The van der Waals surface area contributed by atoms with E-state index in [0.29, 0.717) is 37.2 Å². The van der Waals surface area contributed by atoms with E-state index < -0.39 is 17.9 Å². The number of halogens is 1. The van der Waals surface area contributed by atoms with E-state index in [-0.39, 0.29) is 5.82 Å². The van der Waals surface area contributed by atoms with Crippen LogP contribution in [0.15, 0.2) is 121 Å². The summed E-state index contributed by atoms with van der Waals surface area (Å²) in [6.45, 7) is 10.1. The molecule has 2 aromatic rings. The Morgan fingerprint density at radius 1 is 1.11 bits per heavy atom. The second kappa shape index (κ2) is 19.0. The molecule has 38 heavy (non-hydrogen) atoms. The Balaban J connectivity index is 0.000000682. The van der Waals surface area contributed by atoms with Crippen LogP contribution in [0.3, 0.4) is 0 Å². The van der Waals surface area contributed by atoms with Crippen molar-refractivity contribution in [2.45, 2.75) is 46.1 Å². The Labute approximate surface area is 225 Å². The van der Waals surface area contributed by atoms with Gasteiger partial charge >= 0.3 is 5.97 Å². The van der Waals surface area contributed by atoms with Gasteiger partial charge in [0.25, 0.3) is 5.91 Å². The quantitative estimate of drug-likeness (QED) is 0.263. The summed E-state index contributed by atoms with van der Waals surface area (Å²) < 4.78 is 17.3. The second-order valence-corrected chi connectivity index (χ2v) is 7.84. The van der Waals surface area contributed by atoms with Gasteiger partial charge in [0.15, 0.2) is 0 Å². The van der Waals surface area contributed by atoms with E-state index in [9.17, 15) is 19.1 Å². The first-order valence-corrected chi connectivity index (χ1v) is 12.8. The highest BCUT2D eigenvalue weighted by Crippen LogP contribution is 2.17. The zero-order chi connectivity index (χ0) is 28.2. The number of carboxylic acid groups (broad SMARTS) is 1. The molecular formula is C32H38FNO4. The molecule has 3 rings (SSSR count). The first kappa shape index (κ1) is 31.8. The van der Waals surface area contributed by atoms with Gasteiger partial charge in [-0.05, 0) is 67.7 Å². The van der Waals surface area contributed by atoms with Crippen LogP contribution in [0.1, 0.15) is 39.2 Å². The molecule has 0 fully saturated rings. The number of hydrogen-bond acceptors (Lipinski definition) is 3. The van der Waals surface area contributed by atoms with E-state index >= 15 is 0 Å². The fourth-order valence-corrected chi connectivity index (χ4v) is 3.29. The molecule has 1 atom stereocenters. The first-order valence-electron chi connectivity index (χ1n) is 12.8. The molecule has 2 N–H and O–H groups in total. The van der Waals surface area contributed by atoms with Crippen LogP contribution in [0.2, 0.25) is 0 Å². The summed E-state index contributed by atoms with van der Waals surface area (Å²) in [4.78, 5) is 24.2.